The summed E-state index contributed by atoms with van der Waals surface area (Å²) in [5.41, 5.74) is -2.60. The van der Waals surface area contributed by atoms with Crippen molar-refractivity contribution in [3.05, 3.63) is 24.1 Å². The lowest BCUT2D eigenvalue weighted by Crippen LogP contribution is -2.38. The molecular weight excluding hydrogens is 267 g/mol. The molecule has 100 valence electrons. The molecule has 0 aromatic heterocycles. The number of hydrogen-bond acceptors (Lipinski definition) is 0. The SMILES string of the molecule is C=CCC(=C(F)C(F)(F)C(F)(F)F)C(F)(F)F. The van der Waals surface area contributed by atoms with Gasteiger partial charge in [-0.2, -0.15) is 35.1 Å². The zero-order chi connectivity index (χ0) is 14.1. The van der Waals surface area contributed by atoms with Crippen molar-refractivity contribution < 1.29 is 39.5 Å². The average molecular weight is 272 g/mol. The lowest BCUT2D eigenvalue weighted by atomic mass is 10.1. The van der Waals surface area contributed by atoms with Crippen LogP contribution >= 0.6 is 0 Å². The van der Waals surface area contributed by atoms with Crippen LogP contribution in [0.5, 0.6) is 0 Å². The molecule has 0 nitrogen and oxygen atoms in total. The monoisotopic (exact) mass is 272 g/mol. The molecule has 0 aliphatic carbocycles. The van der Waals surface area contributed by atoms with E-state index in [1.165, 1.54) is 0 Å². The molecule has 0 aliphatic heterocycles. The summed E-state index contributed by atoms with van der Waals surface area (Å²) in [5, 5.41) is 0. The number of allylic oxidation sites excluding steroid dienone is 3. The molecule has 0 heterocycles. The molecule has 9 heteroatoms. The Morgan fingerprint density at radius 2 is 1.35 bits per heavy atom. The minimum atomic E-state index is -6.44. The van der Waals surface area contributed by atoms with E-state index in [0.29, 0.717) is 6.08 Å². The molecule has 0 saturated heterocycles. The van der Waals surface area contributed by atoms with Gasteiger partial charge in [-0.05, 0) is 6.42 Å². The van der Waals surface area contributed by atoms with Crippen molar-refractivity contribution in [1.82, 2.24) is 0 Å². The molecule has 0 aliphatic rings. The molecule has 17 heavy (non-hydrogen) atoms. The summed E-state index contributed by atoms with van der Waals surface area (Å²) in [6, 6.07) is 0. The van der Waals surface area contributed by atoms with Crippen molar-refractivity contribution in [3.63, 3.8) is 0 Å². The zero-order valence-corrected chi connectivity index (χ0v) is 7.89. The summed E-state index contributed by atoms with van der Waals surface area (Å²) in [4.78, 5) is 0. The molecule has 0 rings (SSSR count). The summed E-state index contributed by atoms with van der Waals surface area (Å²) in [6.45, 7) is 2.71. The first-order valence-electron chi connectivity index (χ1n) is 3.87. The molecule has 0 spiro atoms. The van der Waals surface area contributed by atoms with Crippen molar-refractivity contribution >= 4 is 0 Å². The molecule has 0 radical (unpaired) electrons. The highest BCUT2D eigenvalue weighted by Gasteiger charge is 2.63. The van der Waals surface area contributed by atoms with Gasteiger partial charge in [0.05, 0.1) is 5.57 Å². The summed E-state index contributed by atoms with van der Waals surface area (Å²) >= 11 is 0. The third-order valence-electron chi connectivity index (χ3n) is 1.59. The van der Waals surface area contributed by atoms with E-state index in [0.717, 1.165) is 0 Å². The van der Waals surface area contributed by atoms with Crippen LogP contribution in [0.3, 0.4) is 0 Å². The maximum absolute atomic E-state index is 12.7. The molecule has 0 N–H and O–H groups in total. The predicted molar refractivity (Wildman–Crippen MR) is 40.0 cm³/mol. The van der Waals surface area contributed by atoms with E-state index >= 15 is 0 Å². The average Bonchev–Trinajstić information content (AvgIpc) is 2.09. The number of rotatable bonds is 3. The van der Waals surface area contributed by atoms with Gasteiger partial charge in [0.25, 0.3) is 0 Å². The van der Waals surface area contributed by atoms with E-state index < -0.39 is 36.1 Å². The van der Waals surface area contributed by atoms with Crippen molar-refractivity contribution in [2.24, 2.45) is 0 Å². The Morgan fingerprint density at radius 3 is 1.59 bits per heavy atom. The third-order valence-corrected chi connectivity index (χ3v) is 1.59. The second kappa shape index (κ2) is 4.61. The molecule has 0 bridgehead atoms. The topological polar surface area (TPSA) is 0 Å². The van der Waals surface area contributed by atoms with E-state index in [-0.39, 0.29) is 0 Å². The van der Waals surface area contributed by atoms with Crippen LogP contribution in [0.1, 0.15) is 6.42 Å². The molecule has 0 unspecified atom stereocenters. The Morgan fingerprint density at radius 1 is 0.941 bits per heavy atom. The maximum Gasteiger partial charge on any atom is 0.460 e. The van der Waals surface area contributed by atoms with Gasteiger partial charge < -0.3 is 0 Å². The van der Waals surface area contributed by atoms with Crippen LogP contribution in [0.4, 0.5) is 39.5 Å². The zero-order valence-electron chi connectivity index (χ0n) is 7.89. The van der Waals surface area contributed by atoms with Crippen molar-refractivity contribution in [2.75, 3.05) is 0 Å². The fourth-order valence-corrected chi connectivity index (χ4v) is 0.788. The van der Waals surface area contributed by atoms with Gasteiger partial charge in [-0.15, -0.1) is 6.58 Å². The third kappa shape index (κ3) is 3.40. The van der Waals surface area contributed by atoms with Crippen molar-refractivity contribution in [3.8, 4) is 0 Å². The summed E-state index contributed by atoms with van der Waals surface area (Å²) < 4.78 is 108. The predicted octanol–water partition coefficient (Wildman–Crippen LogP) is 4.55. The second-order valence-electron chi connectivity index (χ2n) is 2.86. The number of hydrogen-bond donors (Lipinski definition) is 0. The van der Waals surface area contributed by atoms with Gasteiger partial charge >= 0.3 is 18.3 Å². The van der Waals surface area contributed by atoms with Crippen LogP contribution in [0.2, 0.25) is 0 Å². The molecule has 0 saturated carbocycles. The van der Waals surface area contributed by atoms with Gasteiger partial charge in [0.15, 0.2) is 5.83 Å². The van der Waals surface area contributed by atoms with E-state index in [9.17, 15) is 39.5 Å². The van der Waals surface area contributed by atoms with E-state index in [1.807, 2.05) is 0 Å². The standard InChI is InChI=1S/C8H5F9/c1-2-3-4(7(12,13)14)5(9)6(10,11)8(15,16)17/h2H,1,3H2. The fourth-order valence-electron chi connectivity index (χ4n) is 0.788. The first-order valence-corrected chi connectivity index (χ1v) is 3.87. The van der Waals surface area contributed by atoms with Gasteiger partial charge in [0.2, 0.25) is 0 Å². The van der Waals surface area contributed by atoms with E-state index in [1.54, 1.807) is 0 Å². The number of halogens is 9. The summed E-state index contributed by atoms with van der Waals surface area (Å²) in [7, 11) is 0. The fraction of sp³-hybridized carbons (Fsp3) is 0.500. The summed E-state index contributed by atoms with van der Waals surface area (Å²) in [5.74, 6) is -9.74. The minimum absolute atomic E-state index is 0.370. The van der Waals surface area contributed by atoms with E-state index in [2.05, 4.69) is 6.58 Å². The molecule has 0 fully saturated rings. The van der Waals surface area contributed by atoms with Crippen LogP contribution in [0.25, 0.3) is 0 Å². The largest absolute Gasteiger partial charge is 0.460 e. The quantitative estimate of drug-likeness (QED) is 0.522. The highest BCUT2D eigenvalue weighted by Crippen LogP contribution is 2.46. The first kappa shape index (κ1) is 15.9. The Balaban J connectivity index is 5.74. The molecule has 0 aromatic rings. The summed E-state index contributed by atoms with van der Waals surface area (Å²) in [6.07, 6.45) is -13.2. The van der Waals surface area contributed by atoms with Gasteiger partial charge in [-0.25, -0.2) is 4.39 Å². The van der Waals surface area contributed by atoms with Crippen molar-refractivity contribution in [1.29, 1.82) is 0 Å². The van der Waals surface area contributed by atoms with Crippen LogP contribution in [-0.4, -0.2) is 18.3 Å². The van der Waals surface area contributed by atoms with Crippen LogP contribution in [0.15, 0.2) is 24.1 Å². The van der Waals surface area contributed by atoms with Gasteiger partial charge in [-0.3, -0.25) is 0 Å². The van der Waals surface area contributed by atoms with Gasteiger partial charge in [-0.1, -0.05) is 6.08 Å². The molecular formula is C8H5F9. The lowest BCUT2D eigenvalue weighted by Gasteiger charge is -2.21. The lowest BCUT2D eigenvalue weighted by molar-refractivity contribution is -0.272. The Labute approximate surface area is 89.4 Å². The maximum atomic E-state index is 12.7. The van der Waals surface area contributed by atoms with Crippen LogP contribution in [-0.2, 0) is 0 Å². The Kier molecular flexibility index (Phi) is 4.30. The Hall–Kier alpha value is -1.15. The van der Waals surface area contributed by atoms with Crippen molar-refractivity contribution in [2.45, 2.75) is 24.7 Å². The van der Waals surface area contributed by atoms with Crippen LogP contribution < -0.4 is 0 Å². The first-order chi connectivity index (χ1) is 7.35. The molecule has 0 aromatic carbocycles. The van der Waals surface area contributed by atoms with E-state index in [4.69, 9.17) is 0 Å². The highest BCUT2D eigenvalue weighted by atomic mass is 19.4. The molecule has 0 atom stereocenters. The highest BCUT2D eigenvalue weighted by molar-refractivity contribution is 5.23. The minimum Gasteiger partial charge on any atom is -0.204 e. The smallest absolute Gasteiger partial charge is 0.204 e. The normalized spacial score (nSPS) is 15.6. The molecule has 0 amide bonds. The van der Waals surface area contributed by atoms with Gasteiger partial charge in [0, 0.05) is 0 Å². The van der Waals surface area contributed by atoms with Crippen LogP contribution in [0, 0.1) is 0 Å². The second-order valence-corrected chi connectivity index (χ2v) is 2.86. The number of alkyl halides is 8. The van der Waals surface area contributed by atoms with Gasteiger partial charge in [0.1, 0.15) is 0 Å². The Bertz CT molecular complexity index is 317.